The normalized spacial score (nSPS) is 18.6. The van der Waals surface area contributed by atoms with Crippen molar-refractivity contribution in [3.8, 4) is 0 Å². The molecule has 148 valence electrons. The van der Waals surface area contributed by atoms with E-state index in [1.807, 2.05) is 11.8 Å². The molecule has 0 aliphatic heterocycles. The molecule has 1 aliphatic rings. The Morgan fingerprint density at radius 1 is 1.22 bits per heavy atom. The number of carboxylic acid groups (broad SMARTS) is 1. The van der Waals surface area contributed by atoms with Gasteiger partial charge in [-0.25, -0.2) is 4.39 Å². The largest absolute Gasteiger partial charge is 0.480 e. The van der Waals surface area contributed by atoms with Crippen molar-refractivity contribution < 1.29 is 23.9 Å². The van der Waals surface area contributed by atoms with Gasteiger partial charge < -0.3 is 15.7 Å². The predicted octanol–water partition coefficient (Wildman–Crippen LogP) is 1.39. The Hall–Kier alpha value is -2.48. The van der Waals surface area contributed by atoms with Crippen molar-refractivity contribution in [3.63, 3.8) is 0 Å². The first kappa shape index (κ1) is 20.8. The number of benzene rings is 1. The van der Waals surface area contributed by atoms with E-state index in [9.17, 15) is 18.8 Å². The van der Waals surface area contributed by atoms with Crippen LogP contribution in [0.5, 0.6) is 0 Å². The molecule has 7 nitrogen and oxygen atoms in total. The SMILES string of the molecule is CCN(CC(=O)O)C1CC(NC(=O)CCCNC(=O)c2ccc(F)cc2)C1. The summed E-state index contributed by atoms with van der Waals surface area (Å²) in [7, 11) is 0. The summed E-state index contributed by atoms with van der Waals surface area (Å²) in [5.41, 5.74) is 0.378. The maximum atomic E-state index is 12.8. The molecule has 0 saturated heterocycles. The summed E-state index contributed by atoms with van der Waals surface area (Å²) in [5.74, 6) is -1.61. The Balaban J connectivity index is 1.58. The molecular weight excluding hydrogens is 353 g/mol. The highest BCUT2D eigenvalue weighted by atomic mass is 19.1. The number of rotatable bonds is 10. The molecule has 1 fully saturated rings. The summed E-state index contributed by atoms with van der Waals surface area (Å²) in [6, 6.07) is 5.56. The highest BCUT2D eigenvalue weighted by molar-refractivity contribution is 5.94. The van der Waals surface area contributed by atoms with E-state index in [-0.39, 0.29) is 30.4 Å². The highest BCUT2D eigenvalue weighted by Gasteiger charge is 2.34. The highest BCUT2D eigenvalue weighted by Crippen LogP contribution is 2.25. The molecule has 0 atom stereocenters. The van der Waals surface area contributed by atoms with Crippen molar-refractivity contribution in [3.05, 3.63) is 35.6 Å². The quantitative estimate of drug-likeness (QED) is 0.534. The third kappa shape index (κ3) is 6.63. The first-order valence-corrected chi connectivity index (χ1v) is 9.18. The van der Waals surface area contributed by atoms with Crippen LogP contribution in [0, 0.1) is 5.82 Å². The van der Waals surface area contributed by atoms with Gasteiger partial charge in [0.15, 0.2) is 0 Å². The monoisotopic (exact) mass is 379 g/mol. The summed E-state index contributed by atoms with van der Waals surface area (Å²) in [4.78, 5) is 36.5. The van der Waals surface area contributed by atoms with E-state index in [1.165, 1.54) is 24.3 Å². The van der Waals surface area contributed by atoms with Gasteiger partial charge in [-0.2, -0.15) is 0 Å². The predicted molar refractivity (Wildman–Crippen MR) is 97.8 cm³/mol. The van der Waals surface area contributed by atoms with Crippen molar-refractivity contribution >= 4 is 17.8 Å². The molecule has 0 heterocycles. The van der Waals surface area contributed by atoms with Crippen molar-refractivity contribution in [1.82, 2.24) is 15.5 Å². The van der Waals surface area contributed by atoms with E-state index >= 15 is 0 Å². The average Bonchev–Trinajstić information content (AvgIpc) is 2.60. The minimum atomic E-state index is -0.841. The fourth-order valence-electron chi connectivity index (χ4n) is 3.13. The van der Waals surface area contributed by atoms with Crippen molar-refractivity contribution in [2.24, 2.45) is 0 Å². The Labute approximate surface area is 157 Å². The van der Waals surface area contributed by atoms with Crippen LogP contribution in [0.4, 0.5) is 4.39 Å². The van der Waals surface area contributed by atoms with Crippen molar-refractivity contribution in [2.75, 3.05) is 19.6 Å². The van der Waals surface area contributed by atoms with Gasteiger partial charge in [-0.1, -0.05) is 6.92 Å². The first-order valence-electron chi connectivity index (χ1n) is 9.18. The van der Waals surface area contributed by atoms with E-state index < -0.39 is 11.8 Å². The number of carbonyl (C=O) groups excluding carboxylic acids is 2. The smallest absolute Gasteiger partial charge is 0.317 e. The van der Waals surface area contributed by atoms with Crippen LogP contribution < -0.4 is 10.6 Å². The number of carbonyl (C=O) groups is 3. The molecule has 2 rings (SSSR count). The fourth-order valence-corrected chi connectivity index (χ4v) is 3.13. The molecule has 0 radical (unpaired) electrons. The van der Waals surface area contributed by atoms with Crippen LogP contribution in [0.1, 0.15) is 43.0 Å². The van der Waals surface area contributed by atoms with Crippen LogP contribution in [0.3, 0.4) is 0 Å². The molecule has 8 heteroatoms. The number of likely N-dealkylation sites (N-methyl/N-ethyl adjacent to an activating group) is 1. The van der Waals surface area contributed by atoms with E-state index in [0.29, 0.717) is 31.5 Å². The molecule has 0 spiro atoms. The lowest BCUT2D eigenvalue weighted by Gasteiger charge is -2.42. The first-order chi connectivity index (χ1) is 12.9. The second-order valence-corrected chi connectivity index (χ2v) is 6.71. The van der Waals surface area contributed by atoms with Gasteiger partial charge in [0.2, 0.25) is 5.91 Å². The number of hydrogen-bond acceptors (Lipinski definition) is 4. The number of aliphatic carboxylic acids is 1. The maximum absolute atomic E-state index is 12.8. The summed E-state index contributed by atoms with van der Waals surface area (Å²) in [6.45, 7) is 2.98. The molecule has 0 bridgehead atoms. The zero-order chi connectivity index (χ0) is 19.8. The third-order valence-corrected chi connectivity index (χ3v) is 4.71. The zero-order valence-electron chi connectivity index (χ0n) is 15.4. The molecular formula is C19H26FN3O4. The Bertz CT molecular complexity index is 659. The molecule has 1 aliphatic carbocycles. The standard InChI is InChI=1S/C19H26FN3O4/c1-2-23(12-18(25)26)16-10-15(11-16)22-17(24)4-3-9-21-19(27)13-5-7-14(20)8-6-13/h5-8,15-16H,2-4,9-12H2,1H3,(H,21,27)(H,22,24)(H,25,26). The molecule has 0 aromatic heterocycles. The Morgan fingerprint density at radius 3 is 2.48 bits per heavy atom. The molecule has 0 unspecified atom stereocenters. The van der Waals surface area contributed by atoms with Crippen molar-refractivity contribution in [2.45, 2.75) is 44.7 Å². The average molecular weight is 379 g/mol. The lowest BCUT2D eigenvalue weighted by atomic mass is 9.85. The summed E-state index contributed by atoms with van der Waals surface area (Å²) >= 11 is 0. The van der Waals surface area contributed by atoms with Gasteiger partial charge in [0.05, 0.1) is 6.54 Å². The lowest BCUT2D eigenvalue weighted by Crippen LogP contribution is -2.54. The van der Waals surface area contributed by atoms with E-state index in [2.05, 4.69) is 10.6 Å². The van der Waals surface area contributed by atoms with Gasteiger partial charge in [0.25, 0.3) is 5.91 Å². The van der Waals surface area contributed by atoms with E-state index in [1.54, 1.807) is 0 Å². The summed E-state index contributed by atoms with van der Waals surface area (Å²) in [6.07, 6.45) is 2.33. The summed E-state index contributed by atoms with van der Waals surface area (Å²) < 4.78 is 12.8. The number of halogens is 1. The van der Waals surface area contributed by atoms with Crippen LogP contribution >= 0.6 is 0 Å². The van der Waals surface area contributed by atoms with Gasteiger partial charge in [-0.05, 0) is 50.1 Å². The van der Waals surface area contributed by atoms with Gasteiger partial charge in [0, 0.05) is 30.6 Å². The fraction of sp³-hybridized carbons (Fsp3) is 0.526. The molecule has 2 amide bonds. The van der Waals surface area contributed by atoms with Crippen LogP contribution in [-0.2, 0) is 9.59 Å². The van der Waals surface area contributed by atoms with Gasteiger partial charge in [-0.15, -0.1) is 0 Å². The molecule has 1 aromatic carbocycles. The number of amides is 2. The number of hydrogen-bond donors (Lipinski definition) is 3. The second kappa shape index (κ2) is 10.0. The minimum Gasteiger partial charge on any atom is -0.480 e. The third-order valence-electron chi connectivity index (χ3n) is 4.71. The van der Waals surface area contributed by atoms with Crippen LogP contribution in [0.15, 0.2) is 24.3 Å². The van der Waals surface area contributed by atoms with Crippen molar-refractivity contribution in [1.29, 1.82) is 0 Å². The molecule has 27 heavy (non-hydrogen) atoms. The zero-order valence-corrected chi connectivity index (χ0v) is 15.4. The molecule has 1 aromatic rings. The van der Waals surface area contributed by atoms with E-state index in [0.717, 1.165) is 12.8 Å². The van der Waals surface area contributed by atoms with Gasteiger partial charge >= 0.3 is 5.97 Å². The Morgan fingerprint density at radius 2 is 1.89 bits per heavy atom. The second-order valence-electron chi connectivity index (χ2n) is 6.71. The number of carboxylic acids is 1. The van der Waals surface area contributed by atoms with Crippen LogP contribution in [-0.4, -0.2) is 59.5 Å². The number of nitrogens with one attached hydrogen (secondary N) is 2. The number of nitrogens with zero attached hydrogens (tertiary/aromatic N) is 1. The maximum Gasteiger partial charge on any atom is 0.317 e. The van der Waals surface area contributed by atoms with E-state index in [4.69, 9.17) is 5.11 Å². The van der Waals surface area contributed by atoms with Gasteiger partial charge in [0.1, 0.15) is 5.82 Å². The minimum absolute atomic E-state index is 0.0234. The molecule has 1 saturated carbocycles. The lowest BCUT2D eigenvalue weighted by molar-refractivity contribution is -0.139. The molecule has 3 N–H and O–H groups in total. The van der Waals surface area contributed by atoms with Gasteiger partial charge in [-0.3, -0.25) is 19.3 Å². The Kier molecular flexibility index (Phi) is 7.72. The van der Waals surface area contributed by atoms with Crippen LogP contribution in [0.25, 0.3) is 0 Å². The topological polar surface area (TPSA) is 98.7 Å². The van der Waals surface area contributed by atoms with Crippen LogP contribution in [0.2, 0.25) is 0 Å². The summed E-state index contributed by atoms with van der Waals surface area (Å²) in [5, 5.41) is 14.5.